The first kappa shape index (κ1) is 21.7. The van der Waals surface area contributed by atoms with Gasteiger partial charge in [-0.3, -0.25) is 0 Å². The van der Waals surface area contributed by atoms with Crippen LogP contribution in [-0.4, -0.2) is 62.0 Å². The largest absolute Gasteiger partial charge is 0.501 e. The Morgan fingerprint density at radius 2 is 1.59 bits per heavy atom. The first-order valence-corrected chi connectivity index (χ1v) is 9.40. The number of nitrogens with two attached hydrogens (primary N) is 1. The second kappa shape index (κ2) is 11.2. The lowest BCUT2D eigenvalue weighted by Crippen LogP contribution is -2.56. The van der Waals surface area contributed by atoms with Gasteiger partial charge in [0.25, 0.3) is 0 Å². The second-order valence-electron chi connectivity index (χ2n) is 4.43. The van der Waals surface area contributed by atoms with E-state index in [0.717, 1.165) is 6.42 Å². The van der Waals surface area contributed by atoms with E-state index in [0.29, 0.717) is 25.8 Å². The van der Waals surface area contributed by atoms with Crippen LogP contribution < -0.4 is 5.73 Å². The molecule has 0 bridgehead atoms. The van der Waals surface area contributed by atoms with E-state index in [1.807, 2.05) is 13.8 Å². The lowest BCUT2D eigenvalue weighted by atomic mass is 10.3. The molecular formula is C14H31NO6Si. The molecule has 0 amide bonds. The monoisotopic (exact) mass is 337 g/mol. The van der Waals surface area contributed by atoms with Crippen molar-refractivity contribution >= 4 is 8.80 Å². The fourth-order valence-electron chi connectivity index (χ4n) is 2.13. The van der Waals surface area contributed by atoms with Gasteiger partial charge in [-0.05, 0) is 26.8 Å². The van der Waals surface area contributed by atoms with E-state index < -0.39 is 20.9 Å². The lowest BCUT2D eigenvalue weighted by molar-refractivity contribution is -0.379. The third-order valence-electron chi connectivity index (χ3n) is 3.14. The molecule has 1 unspecified atom stereocenters. The topological polar surface area (TPSA) is 81.4 Å². The highest BCUT2D eigenvalue weighted by atomic mass is 28.4. The van der Waals surface area contributed by atoms with Gasteiger partial charge in [-0.15, -0.1) is 6.58 Å². The molecule has 132 valence electrons. The van der Waals surface area contributed by atoms with Crippen molar-refractivity contribution in [2.45, 2.75) is 38.4 Å². The first-order chi connectivity index (χ1) is 10.5. The van der Waals surface area contributed by atoms with Gasteiger partial charge in [-0.25, -0.2) is 0 Å². The van der Waals surface area contributed by atoms with Gasteiger partial charge in [-0.1, -0.05) is 6.08 Å². The fourth-order valence-corrected chi connectivity index (χ4v) is 4.90. The van der Waals surface area contributed by atoms with Crippen LogP contribution in [0.4, 0.5) is 0 Å². The first-order valence-electron chi connectivity index (χ1n) is 7.47. The summed E-state index contributed by atoms with van der Waals surface area (Å²) in [4.78, 5) is 0. The fraction of sp³-hybridized carbons (Fsp3) is 0.857. The summed E-state index contributed by atoms with van der Waals surface area (Å²) in [6, 6.07) is 0.600. The van der Waals surface area contributed by atoms with Crippen molar-refractivity contribution in [1.29, 1.82) is 0 Å². The summed E-state index contributed by atoms with van der Waals surface area (Å²) in [5.41, 5.74) is 5.62. The second-order valence-corrected chi connectivity index (χ2v) is 7.11. The molecule has 0 aromatic carbocycles. The molecule has 0 aliphatic carbocycles. The lowest BCUT2D eigenvalue weighted by Gasteiger charge is -2.39. The molecule has 1 atom stereocenters. The van der Waals surface area contributed by atoms with E-state index in [1.165, 1.54) is 21.3 Å². The van der Waals surface area contributed by atoms with Crippen LogP contribution in [0.25, 0.3) is 0 Å². The predicted molar refractivity (Wildman–Crippen MR) is 86.3 cm³/mol. The molecule has 0 saturated carbocycles. The van der Waals surface area contributed by atoms with Gasteiger partial charge < -0.3 is 33.2 Å². The molecule has 2 N–H and O–H groups in total. The molecular weight excluding hydrogens is 306 g/mol. The molecule has 0 rings (SSSR count). The van der Waals surface area contributed by atoms with E-state index >= 15 is 0 Å². The minimum absolute atomic E-state index is 0.473. The van der Waals surface area contributed by atoms with E-state index in [9.17, 15) is 0 Å². The van der Waals surface area contributed by atoms with Crippen LogP contribution in [0.2, 0.25) is 6.04 Å². The molecule has 7 nitrogen and oxygen atoms in total. The molecule has 0 spiro atoms. The summed E-state index contributed by atoms with van der Waals surface area (Å²) in [7, 11) is 1.46. The molecule has 0 aromatic rings. The Bertz CT molecular complexity index is 287. The Morgan fingerprint density at radius 1 is 1.09 bits per heavy atom. The van der Waals surface area contributed by atoms with Crippen LogP contribution in [0.5, 0.6) is 0 Å². The maximum absolute atomic E-state index is 6.15. The maximum Gasteiger partial charge on any atom is 0.501 e. The summed E-state index contributed by atoms with van der Waals surface area (Å²) >= 11 is 0. The molecule has 8 heteroatoms. The SMILES string of the molecule is C=CC(O[Si](CCCN)(OCC)OCC)C(OC)(OC)OC. The van der Waals surface area contributed by atoms with Crippen LogP contribution in [0, 0.1) is 0 Å². The van der Waals surface area contributed by atoms with Crippen molar-refractivity contribution < 1.29 is 27.5 Å². The van der Waals surface area contributed by atoms with E-state index in [1.54, 1.807) is 6.08 Å². The quantitative estimate of drug-likeness (QED) is 0.292. The molecule has 0 radical (unpaired) electrons. The zero-order chi connectivity index (χ0) is 17.1. The standard InChI is InChI=1S/C14H31NO6Si/c1-7-13(14(16-4,17-5)18-6)21-22(19-8-2,20-9-3)12-10-11-15/h7,13H,1,8-12,15H2,2-6H3. The zero-order valence-corrected chi connectivity index (χ0v) is 15.4. The molecule has 0 heterocycles. The van der Waals surface area contributed by atoms with Crippen molar-refractivity contribution in [3.8, 4) is 0 Å². The van der Waals surface area contributed by atoms with Crippen molar-refractivity contribution in [2.75, 3.05) is 41.1 Å². The third kappa shape index (κ3) is 5.71. The molecule has 0 fully saturated rings. The summed E-state index contributed by atoms with van der Waals surface area (Å²) < 4.78 is 33.9. The number of hydrogen-bond donors (Lipinski definition) is 1. The average Bonchev–Trinajstić information content (AvgIpc) is 2.54. The van der Waals surface area contributed by atoms with Crippen molar-refractivity contribution in [2.24, 2.45) is 5.73 Å². The van der Waals surface area contributed by atoms with Crippen LogP contribution >= 0.6 is 0 Å². The van der Waals surface area contributed by atoms with Gasteiger partial charge in [0.2, 0.25) is 0 Å². The maximum atomic E-state index is 6.15. The average molecular weight is 337 g/mol. The minimum atomic E-state index is -2.95. The Kier molecular flexibility index (Phi) is 11.1. The smallest absolute Gasteiger partial charge is 0.374 e. The molecule has 0 aromatic heterocycles. The van der Waals surface area contributed by atoms with Crippen LogP contribution in [-0.2, 0) is 27.5 Å². The van der Waals surface area contributed by atoms with Crippen molar-refractivity contribution in [1.82, 2.24) is 0 Å². The molecule has 0 aliphatic heterocycles. The third-order valence-corrected chi connectivity index (χ3v) is 6.17. The van der Waals surface area contributed by atoms with Crippen LogP contribution in [0.3, 0.4) is 0 Å². The molecule has 0 saturated heterocycles. The molecule has 0 aliphatic rings. The van der Waals surface area contributed by atoms with Gasteiger partial charge >= 0.3 is 14.8 Å². The van der Waals surface area contributed by atoms with E-state index in [4.69, 9.17) is 33.2 Å². The highest BCUT2D eigenvalue weighted by Gasteiger charge is 2.49. The number of methoxy groups -OCH3 is 3. The van der Waals surface area contributed by atoms with Crippen LogP contribution in [0.15, 0.2) is 12.7 Å². The highest BCUT2D eigenvalue weighted by Crippen LogP contribution is 2.28. The summed E-state index contributed by atoms with van der Waals surface area (Å²) in [5.74, 6) is -1.41. The summed E-state index contributed by atoms with van der Waals surface area (Å²) in [5, 5.41) is 0. The number of ether oxygens (including phenoxy) is 3. The Hall–Kier alpha value is -0.323. The Balaban J connectivity index is 5.39. The van der Waals surface area contributed by atoms with Gasteiger partial charge in [-0.2, -0.15) is 0 Å². The van der Waals surface area contributed by atoms with Gasteiger partial charge in [0.05, 0.1) is 0 Å². The highest BCUT2D eigenvalue weighted by molar-refractivity contribution is 6.60. The zero-order valence-electron chi connectivity index (χ0n) is 14.4. The number of hydrogen-bond acceptors (Lipinski definition) is 7. The van der Waals surface area contributed by atoms with E-state index in [-0.39, 0.29) is 0 Å². The Morgan fingerprint density at radius 3 is 1.91 bits per heavy atom. The van der Waals surface area contributed by atoms with Gasteiger partial charge in [0, 0.05) is 40.6 Å². The van der Waals surface area contributed by atoms with Crippen molar-refractivity contribution in [3.05, 3.63) is 12.7 Å². The predicted octanol–water partition coefficient (Wildman–Crippen LogP) is 1.51. The van der Waals surface area contributed by atoms with Gasteiger partial charge in [0.1, 0.15) is 6.10 Å². The van der Waals surface area contributed by atoms with E-state index in [2.05, 4.69) is 6.58 Å². The minimum Gasteiger partial charge on any atom is -0.374 e. The normalized spacial score (nSPS) is 14.1. The Labute approximate surface area is 135 Å². The molecule has 22 heavy (non-hydrogen) atoms. The van der Waals surface area contributed by atoms with Gasteiger partial charge in [0.15, 0.2) is 0 Å². The summed E-state index contributed by atoms with van der Waals surface area (Å²) in [6.07, 6.45) is 1.57. The van der Waals surface area contributed by atoms with Crippen LogP contribution in [0.1, 0.15) is 20.3 Å². The van der Waals surface area contributed by atoms with Crippen molar-refractivity contribution in [3.63, 3.8) is 0 Å². The number of rotatable bonds is 14. The summed E-state index contributed by atoms with van der Waals surface area (Å²) in [6.45, 7) is 9.04.